The maximum Gasteiger partial charge on any atom is 0.410 e. The zero-order chi connectivity index (χ0) is 22.2. The van der Waals surface area contributed by atoms with Gasteiger partial charge in [0.1, 0.15) is 12.6 Å². The lowest BCUT2D eigenvalue weighted by Crippen LogP contribution is -2.51. The Balaban J connectivity index is 1.72. The lowest BCUT2D eigenvalue weighted by molar-refractivity contribution is -0.139. The van der Waals surface area contributed by atoms with E-state index in [9.17, 15) is 14.7 Å². The van der Waals surface area contributed by atoms with Gasteiger partial charge in [0.25, 0.3) is 0 Å². The predicted molar refractivity (Wildman–Crippen MR) is 119 cm³/mol. The molecule has 1 saturated heterocycles. The molecule has 0 saturated carbocycles. The van der Waals surface area contributed by atoms with Gasteiger partial charge in [0.15, 0.2) is 0 Å². The molecule has 31 heavy (non-hydrogen) atoms. The maximum absolute atomic E-state index is 13.4. The van der Waals surface area contributed by atoms with E-state index >= 15 is 0 Å². The Bertz CT molecular complexity index is 843. The summed E-state index contributed by atoms with van der Waals surface area (Å²) in [7, 11) is 1.76. The van der Waals surface area contributed by atoms with E-state index in [1.807, 2.05) is 60.7 Å². The number of nitrogens with zero attached hydrogens (tertiary/aromatic N) is 2. The van der Waals surface area contributed by atoms with Gasteiger partial charge in [-0.25, -0.2) is 4.79 Å². The minimum absolute atomic E-state index is 0.108. The first-order valence-corrected chi connectivity index (χ1v) is 11.0. The van der Waals surface area contributed by atoms with Gasteiger partial charge < -0.3 is 14.7 Å². The fraction of sp³-hybridized carbons (Fsp3) is 0.440. The third-order valence-corrected chi connectivity index (χ3v) is 5.89. The van der Waals surface area contributed by atoms with E-state index in [0.717, 1.165) is 30.4 Å². The Morgan fingerprint density at radius 3 is 2.42 bits per heavy atom. The third kappa shape index (κ3) is 5.64. The molecule has 3 rings (SSSR count). The second-order valence-electron chi connectivity index (χ2n) is 8.05. The van der Waals surface area contributed by atoms with Crippen LogP contribution >= 0.6 is 0 Å². The molecule has 3 atom stereocenters. The topological polar surface area (TPSA) is 70.1 Å². The molecule has 0 aliphatic carbocycles. The number of unbranched alkanes of at least 4 members (excludes halogenated alkanes) is 1. The number of aliphatic hydroxyl groups is 1. The summed E-state index contributed by atoms with van der Waals surface area (Å²) < 4.78 is 5.44. The number of benzene rings is 2. The van der Waals surface area contributed by atoms with Crippen LogP contribution in [0.1, 0.15) is 49.8 Å². The van der Waals surface area contributed by atoms with Gasteiger partial charge in [-0.3, -0.25) is 9.69 Å². The number of carbonyl (C=O) groups is 2. The summed E-state index contributed by atoms with van der Waals surface area (Å²) in [5, 5.41) is 10.5. The van der Waals surface area contributed by atoms with Crippen LogP contribution in [-0.2, 0) is 16.1 Å². The van der Waals surface area contributed by atoms with E-state index in [-0.39, 0.29) is 18.6 Å². The number of likely N-dealkylation sites (tertiary alicyclic amines) is 1. The molecule has 2 unspecified atom stereocenters. The summed E-state index contributed by atoms with van der Waals surface area (Å²) in [6.45, 7) is 2.55. The summed E-state index contributed by atoms with van der Waals surface area (Å²) >= 11 is 0. The van der Waals surface area contributed by atoms with Gasteiger partial charge in [0, 0.05) is 13.6 Å². The van der Waals surface area contributed by atoms with Crippen molar-refractivity contribution >= 4 is 12.0 Å². The second-order valence-corrected chi connectivity index (χ2v) is 8.05. The van der Waals surface area contributed by atoms with Crippen LogP contribution in [0.15, 0.2) is 60.7 Å². The van der Waals surface area contributed by atoms with Crippen LogP contribution in [-0.4, -0.2) is 52.6 Å². The summed E-state index contributed by atoms with van der Waals surface area (Å²) in [5.74, 6) is -0.258. The molecule has 1 aliphatic heterocycles. The summed E-state index contributed by atoms with van der Waals surface area (Å²) in [6.07, 6.45) is 1.71. The summed E-state index contributed by atoms with van der Waals surface area (Å²) in [4.78, 5) is 29.2. The normalized spacial score (nSPS) is 19.1. The minimum Gasteiger partial charge on any atom is -0.445 e. The molecule has 0 spiro atoms. The molecule has 166 valence electrons. The van der Waals surface area contributed by atoms with E-state index in [0.29, 0.717) is 13.0 Å². The molecule has 1 N–H and O–H groups in total. The minimum atomic E-state index is -0.930. The van der Waals surface area contributed by atoms with Gasteiger partial charge in [0.05, 0.1) is 12.1 Å². The Labute approximate surface area is 184 Å². The fourth-order valence-electron chi connectivity index (χ4n) is 4.10. The number of rotatable bonds is 8. The van der Waals surface area contributed by atoms with Crippen molar-refractivity contribution in [2.75, 3.05) is 13.6 Å². The lowest BCUT2D eigenvalue weighted by Gasteiger charge is -2.34. The number of likely N-dealkylation sites (N-methyl/N-ethyl adjacent to an activating group) is 1. The highest BCUT2D eigenvalue weighted by molar-refractivity contribution is 5.87. The standard InChI is InChI=1S/C25H32N2O4/c1-3-4-15-21(20-13-9-6-10-14-20)26(2)24(29)23-22(28)16-17-27(23)25(30)31-18-19-11-7-5-8-12-19/h5-14,21-23,28H,3-4,15-18H2,1-2H3/t21?,22?,23-/m0/s1. The van der Waals surface area contributed by atoms with Gasteiger partial charge >= 0.3 is 6.09 Å². The molecule has 1 heterocycles. The van der Waals surface area contributed by atoms with Gasteiger partial charge in [-0.15, -0.1) is 0 Å². The monoisotopic (exact) mass is 424 g/mol. The highest BCUT2D eigenvalue weighted by Gasteiger charge is 2.44. The van der Waals surface area contributed by atoms with E-state index < -0.39 is 18.2 Å². The fourth-order valence-corrected chi connectivity index (χ4v) is 4.10. The molecular weight excluding hydrogens is 392 g/mol. The number of amides is 2. The van der Waals surface area contributed by atoms with Crippen molar-refractivity contribution in [1.82, 2.24) is 9.80 Å². The molecule has 0 aromatic heterocycles. The molecule has 2 aromatic carbocycles. The predicted octanol–water partition coefficient (Wildman–Crippen LogP) is 4.15. The summed E-state index contributed by atoms with van der Waals surface area (Å²) in [6, 6.07) is 18.3. The van der Waals surface area contributed by atoms with E-state index in [4.69, 9.17) is 4.74 Å². The van der Waals surface area contributed by atoms with Crippen LogP contribution in [0.25, 0.3) is 0 Å². The van der Waals surface area contributed by atoms with Crippen LogP contribution in [0.2, 0.25) is 0 Å². The van der Waals surface area contributed by atoms with E-state index in [1.54, 1.807) is 11.9 Å². The zero-order valence-electron chi connectivity index (χ0n) is 18.3. The van der Waals surface area contributed by atoms with Crippen LogP contribution < -0.4 is 0 Å². The Hall–Kier alpha value is -2.86. The molecule has 1 aliphatic rings. The van der Waals surface area contributed by atoms with Crippen molar-refractivity contribution in [1.29, 1.82) is 0 Å². The van der Waals surface area contributed by atoms with Gasteiger partial charge in [-0.1, -0.05) is 80.4 Å². The highest BCUT2D eigenvalue weighted by atomic mass is 16.6. The maximum atomic E-state index is 13.4. The zero-order valence-corrected chi connectivity index (χ0v) is 18.3. The first-order chi connectivity index (χ1) is 15.0. The number of ether oxygens (including phenoxy) is 1. The van der Waals surface area contributed by atoms with E-state index in [2.05, 4.69) is 6.92 Å². The molecule has 6 heteroatoms. The van der Waals surface area contributed by atoms with E-state index in [1.165, 1.54) is 4.90 Å². The third-order valence-electron chi connectivity index (χ3n) is 5.89. The molecular formula is C25H32N2O4. The largest absolute Gasteiger partial charge is 0.445 e. The molecule has 2 aromatic rings. The van der Waals surface area contributed by atoms with Crippen molar-refractivity contribution in [2.45, 2.75) is 57.4 Å². The van der Waals surface area contributed by atoms with Crippen molar-refractivity contribution in [3.05, 3.63) is 71.8 Å². The highest BCUT2D eigenvalue weighted by Crippen LogP contribution is 2.29. The smallest absolute Gasteiger partial charge is 0.410 e. The Morgan fingerprint density at radius 2 is 1.77 bits per heavy atom. The Kier molecular flexibility index (Phi) is 8.06. The first kappa shape index (κ1) is 22.8. The van der Waals surface area contributed by atoms with Crippen molar-refractivity contribution in [2.24, 2.45) is 0 Å². The SMILES string of the molecule is CCCCC(c1ccccc1)N(C)C(=O)[C@@H]1C(O)CCN1C(=O)OCc1ccccc1. The van der Waals surface area contributed by atoms with Crippen LogP contribution in [0, 0.1) is 0 Å². The molecule has 0 bridgehead atoms. The molecule has 1 fully saturated rings. The van der Waals surface area contributed by atoms with Crippen LogP contribution in [0.5, 0.6) is 0 Å². The Morgan fingerprint density at radius 1 is 1.13 bits per heavy atom. The van der Waals surface area contributed by atoms with Gasteiger partial charge in [-0.05, 0) is 24.0 Å². The average molecular weight is 425 g/mol. The van der Waals surface area contributed by atoms with Crippen LogP contribution in [0.4, 0.5) is 4.79 Å². The molecule has 2 amide bonds. The summed E-state index contributed by atoms with van der Waals surface area (Å²) in [5.41, 5.74) is 1.93. The lowest BCUT2D eigenvalue weighted by atomic mass is 9.98. The van der Waals surface area contributed by atoms with Crippen LogP contribution in [0.3, 0.4) is 0 Å². The average Bonchev–Trinajstić information content (AvgIpc) is 3.19. The number of aliphatic hydroxyl groups excluding tert-OH is 1. The second kappa shape index (κ2) is 11.0. The van der Waals surface area contributed by atoms with Gasteiger partial charge in [0.2, 0.25) is 5.91 Å². The first-order valence-electron chi connectivity index (χ1n) is 11.0. The van der Waals surface area contributed by atoms with Crippen molar-refractivity contribution in [3.63, 3.8) is 0 Å². The molecule has 0 radical (unpaired) electrons. The quantitative estimate of drug-likeness (QED) is 0.691. The number of hydrogen-bond donors (Lipinski definition) is 1. The van der Waals surface area contributed by atoms with Crippen molar-refractivity contribution in [3.8, 4) is 0 Å². The number of carbonyl (C=O) groups excluding carboxylic acids is 2. The van der Waals surface area contributed by atoms with Crippen molar-refractivity contribution < 1.29 is 19.4 Å². The number of hydrogen-bond acceptors (Lipinski definition) is 4. The molecule has 6 nitrogen and oxygen atoms in total. The van der Waals surface area contributed by atoms with Gasteiger partial charge in [-0.2, -0.15) is 0 Å².